The summed E-state index contributed by atoms with van der Waals surface area (Å²) in [5.74, 6) is 0.511. The lowest BCUT2D eigenvalue weighted by atomic mass is 10.1. The van der Waals surface area contributed by atoms with Crippen LogP contribution in [0.1, 0.15) is 0 Å². The van der Waals surface area contributed by atoms with Crippen molar-refractivity contribution in [2.45, 2.75) is 0 Å². The second-order valence-corrected chi connectivity index (χ2v) is 5.93. The Morgan fingerprint density at radius 2 is 1.85 bits per heavy atom. The number of anilines is 1. The van der Waals surface area contributed by atoms with Crippen LogP contribution < -0.4 is 5.73 Å². The van der Waals surface area contributed by atoms with Crippen molar-refractivity contribution in [1.82, 2.24) is 19.7 Å². The number of aromatic hydroxyl groups is 1. The molecule has 0 bridgehead atoms. The monoisotopic (exact) mass is 397 g/mol. The van der Waals surface area contributed by atoms with Crippen molar-refractivity contribution >= 4 is 48.7 Å². The minimum absolute atomic E-state index is 0.137. The van der Waals surface area contributed by atoms with E-state index in [0.717, 1.165) is 5.56 Å². The van der Waals surface area contributed by atoms with Crippen molar-refractivity contribution in [3.8, 4) is 17.0 Å². The molecule has 20 heavy (non-hydrogen) atoms. The maximum atomic E-state index is 9.78. The van der Waals surface area contributed by atoms with Crippen molar-refractivity contribution in [3.05, 3.63) is 27.4 Å². The number of aryl methyl sites for hydroxylation is 1. The van der Waals surface area contributed by atoms with Gasteiger partial charge in [0, 0.05) is 12.6 Å². The van der Waals surface area contributed by atoms with E-state index in [4.69, 9.17) is 5.73 Å². The molecule has 3 N–H and O–H groups in total. The van der Waals surface area contributed by atoms with Crippen LogP contribution in [0, 0.1) is 0 Å². The van der Waals surface area contributed by atoms with Gasteiger partial charge in [-0.1, -0.05) is 0 Å². The zero-order valence-electron chi connectivity index (χ0n) is 10.3. The second kappa shape index (κ2) is 4.71. The smallest absolute Gasteiger partial charge is 0.163 e. The molecule has 0 unspecified atom stereocenters. The van der Waals surface area contributed by atoms with Crippen molar-refractivity contribution in [1.29, 1.82) is 0 Å². The van der Waals surface area contributed by atoms with Crippen molar-refractivity contribution in [2.75, 3.05) is 5.73 Å². The van der Waals surface area contributed by atoms with E-state index in [1.54, 1.807) is 23.9 Å². The summed E-state index contributed by atoms with van der Waals surface area (Å²) in [7, 11) is 1.79. The quantitative estimate of drug-likeness (QED) is 0.657. The van der Waals surface area contributed by atoms with Gasteiger partial charge in [-0.2, -0.15) is 5.10 Å². The normalized spacial score (nSPS) is 11.2. The minimum atomic E-state index is 0.137. The maximum absolute atomic E-state index is 9.78. The van der Waals surface area contributed by atoms with Gasteiger partial charge in [-0.05, 0) is 44.0 Å². The Balaban J connectivity index is 2.36. The van der Waals surface area contributed by atoms with Crippen LogP contribution in [-0.2, 0) is 7.05 Å². The Hall–Kier alpha value is -1.67. The molecule has 0 aliphatic heterocycles. The Kier molecular flexibility index (Phi) is 3.14. The van der Waals surface area contributed by atoms with Crippen LogP contribution in [-0.4, -0.2) is 24.9 Å². The molecule has 1 aromatic carbocycles. The molecular formula is C12H9Br2N5O. The molecule has 2 heterocycles. The molecule has 2 aromatic heterocycles. The summed E-state index contributed by atoms with van der Waals surface area (Å²) in [5, 5.41) is 14.9. The van der Waals surface area contributed by atoms with Crippen molar-refractivity contribution in [2.24, 2.45) is 7.05 Å². The lowest BCUT2D eigenvalue weighted by Crippen LogP contribution is -1.95. The fourth-order valence-corrected chi connectivity index (χ4v) is 3.20. The van der Waals surface area contributed by atoms with E-state index in [1.807, 2.05) is 0 Å². The largest absolute Gasteiger partial charge is 0.506 e. The number of nitrogens with two attached hydrogens (primary N) is 1. The summed E-state index contributed by atoms with van der Waals surface area (Å²) in [5.41, 5.74) is 8.06. The highest BCUT2D eigenvalue weighted by molar-refractivity contribution is 9.11. The summed E-state index contributed by atoms with van der Waals surface area (Å²) in [6, 6.07) is 3.54. The SMILES string of the molecule is Cn1nc(-c2cc(Br)c(O)c(Br)c2)c2c(N)ncnc21. The van der Waals surface area contributed by atoms with Crippen molar-refractivity contribution in [3.63, 3.8) is 0 Å². The first kappa shape index (κ1) is 13.3. The predicted octanol–water partition coefficient (Wildman–Crippen LogP) is 2.84. The zero-order valence-corrected chi connectivity index (χ0v) is 13.5. The van der Waals surface area contributed by atoms with E-state index in [9.17, 15) is 5.11 Å². The molecule has 0 radical (unpaired) electrons. The van der Waals surface area contributed by atoms with E-state index in [2.05, 4.69) is 46.9 Å². The number of hydrogen-bond donors (Lipinski definition) is 2. The van der Waals surface area contributed by atoms with Gasteiger partial charge in [-0.25, -0.2) is 14.6 Å². The first-order valence-corrected chi connectivity index (χ1v) is 7.19. The van der Waals surface area contributed by atoms with Crippen LogP contribution in [0.5, 0.6) is 5.75 Å². The van der Waals surface area contributed by atoms with E-state index in [-0.39, 0.29) is 5.75 Å². The molecule has 0 saturated heterocycles. The minimum Gasteiger partial charge on any atom is -0.506 e. The second-order valence-electron chi connectivity index (χ2n) is 4.22. The summed E-state index contributed by atoms with van der Waals surface area (Å²) in [6.07, 6.45) is 1.41. The average Bonchev–Trinajstić information content (AvgIpc) is 2.75. The standard InChI is InChI=1S/C12H9Br2N5O/c1-19-12-8(11(15)16-4-17-12)9(18-19)5-2-6(13)10(20)7(14)3-5/h2-4,20H,1H3,(H2,15,16,17). The van der Waals surface area contributed by atoms with E-state index in [1.165, 1.54) is 6.33 Å². The van der Waals surface area contributed by atoms with Gasteiger partial charge < -0.3 is 10.8 Å². The molecule has 0 aliphatic carbocycles. The molecule has 0 aliphatic rings. The number of nitrogens with zero attached hydrogens (tertiary/aromatic N) is 4. The van der Waals surface area contributed by atoms with Gasteiger partial charge in [0.05, 0.1) is 14.3 Å². The number of phenols is 1. The fourth-order valence-electron chi connectivity index (χ4n) is 2.01. The van der Waals surface area contributed by atoms with E-state index >= 15 is 0 Å². The van der Waals surface area contributed by atoms with Crippen LogP contribution in [0.3, 0.4) is 0 Å². The van der Waals surface area contributed by atoms with Crippen LogP contribution in [0.2, 0.25) is 0 Å². The first-order chi connectivity index (χ1) is 9.49. The van der Waals surface area contributed by atoms with Gasteiger partial charge in [-0.15, -0.1) is 0 Å². The van der Waals surface area contributed by atoms with Gasteiger partial charge in [0.25, 0.3) is 0 Å². The third-order valence-electron chi connectivity index (χ3n) is 2.94. The zero-order chi connectivity index (χ0) is 14.4. The number of fused-ring (bicyclic) bond motifs is 1. The van der Waals surface area contributed by atoms with Gasteiger partial charge in [-0.3, -0.25) is 0 Å². The van der Waals surface area contributed by atoms with Crippen LogP contribution >= 0.6 is 31.9 Å². The van der Waals surface area contributed by atoms with Crippen LogP contribution in [0.4, 0.5) is 5.82 Å². The third kappa shape index (κ3) is 1.95. The molecule has 0 spiro atoms. The lowest BCUT2D eigenvalue weighted by Gasteiger charge is -2.04. The Morgan fingerprint density at radius 3 is 2.50 bits per heavy atom. The highest BCUT2D eigenvalue weighted by Crippen LogP contribution is 2.38. The molecule has 0 amide bonds. The molecule has 0 fully saturated rings. The number of rotatable bonds is 1. The Morgan fingerprint density at radius 1 is 1.20 bits per heavy atom. The first-order valence-electron chi connectivity index (χ1n) is 5.60. The highest BCUT2D eigenvalue weighted by Gasteiger charge is 2.17. The highest BCUT2D eigenvalue weighted by atomic mass is 79.9. The number of nitrogen functional groups attached to an aromatic ring is 1. The molecule has 3 rings (SSSR count). The molecule has 102 valence electrons. The van der Waals surface area contributed by atoms with Crippen LogP contribution in [0.15, 0.2) is 27.4 Å². The van der Waals surface area contributed by atoms with Gasteiger partial charge in [0.15, 0.2) is 5.65 Å². The molecule has 0 atom stereocenters. The molecule has 0 saturated carbocycles. The summed E-state index contributed by atoms with van der Waals surface area (Å²) < 4.78 is 2.78. The molecule has 6 nitrogen and oxygen atoms in total. The third-order valence-corrected chi connectivity index (χ3v) is 4.15. The van der Waals surface area contributed by atoms with Gasteiger partial charge in [0.1, 0.15) is 23.6 Å². The number of benzene rings is 1. The Labute approximate surface area is 130 Å². The molecular weight excluding hydrogens is 390 g/mol. The van der Waals surface area contributed by atoms with E-state index in [0.29, 0.717) is 31.5 Å². The van der Waals surface area contributed by atoms with Gasteiger partial charge in [0.2, 0.25) is 0 Å². The van der Waals surface area contributed by atoms with Gasteiger partial charge >= 0.3 is 0 Å². The number of halogens is 2. The Bertz CT molecular complexity index is 807. The lowest BCUT2D eigenvalue weighted by molar-refractivity contribution is 0.468. The fraction of sp³-hybridized carbons (Fsp3) is 0.0833. The summed E-state index contributed by atoms with van der Waals surface area (Å²) in [6.45, 7) is 0. The van der Waals surface area contributed by atoms with E-state index < -0.39 is 0 Å². The maximum Gasteiger partial charge on any atom is 0.163 e. The molecule has 8 heteroatoms. The average molecular weight is 399 g/mol. The number of hydrogen-bond acceptors (Lipinski definition) is 5. The van der Waals surface area contributed by atoms with Crippen molar-refractivity contribution < 1.29 is 5.11 Å². The summed E-state index contributed by atoms with van der Waals surface area (Å²) in [4.78, 5) is 8.20. The number of phenolic OH excluding ortho intramolecular Hbond substituents is 1. The molecule has 3 aromatic rings. The summed E-state index contributed by atoms with van der Waals surface area (Å²) >= 11 is 6.61. The predicted molar refractivity (Wildman–Crippen MR) is 83.2 cm³/mol. The number of aromatic nitrogens is 4. The van der Waals surface area contributed by atoms with Crippen LogP contribution in [0.25, 0.3) is 22.3 Å². The topological polar surface area (TPSA) is 89.8 Å².